The summed E-state index contributed by atoms with van der Waals surface area (Å²) in [6.07, 6.45) is 4.73. The third-order valence-electron chi connectivity index (χ3n) is 7.28. The van der Waals surface area contributed by atoms with Crippen molar-refractivity contribution < 1.29 is 23.5 Å². The molecule has 0 aliphatic carbocycles. The van der Waals surface area contributed by atoms with Gasteiger partial charge >= 0.3 is 5.97 Å². The Labute approximate surface area is 238 Å². The van der Waals surface area contributed by atoms with Crippen molar-refractivity contribution in [3.8, 4) is 11.1 Å². The minimum absolute atomic E-state index is 0.0299. The number of hydrogen-bond donors (Lipinski definition) is 2. The van der Waals surface area contributed by atoms with E-state index in [0.717, 1.165) is 22.3 Å². The van der Waals surface area contributed by atoms with Crippen LogP contribution in [0.15, 0.2) is 59.8 Å². The van der Waals surface area contributed by atoms with E-state index in [0.29, 0.717) is 17.5 Å². The van der Waals surface area contributed by atoms with Crippen LogP contribution in [0.5, 0.6) is 0 Å². The zero-order valence-corrected chi connectivity index (χ0v) is 23.7. The Bertz CT molecular complexity index is 1460. The smallest absolute Gasteiger partial charge is 0.305 e. The molecule has 2 N–H and O–H groups in total. The second-order valence-corrected chi connectivity index (χ2v) is 11.4. The lowest BCUT2D eigenvalue weighted by molar-refractivity contribution is -0.138. The number of nitrogens with one attached hydrogen (secondary N) is 1. The maximum absolute atomic E-state index is 13.8. The number of carbonyl (C=O) groups is 2. The van der Waals surface area contributed by atoms with Crippen molar-refractivity contribution in [1.82, 2.24) is 19.8 Å². The fraction of sp³-hybridized carbons (Fsp3) is 0.419. The lowest BCUT2D eigenvalue weighted by Gasteiger charge is -2.38. The number of carbonyl (C=O) groups excluding carboxylic acids is 1. The van der Waals surface area contributed by atoms with Crippen LogP contribution in [0.1, 0.15) is 61.0 Å². The highest BCUT2D eigenvalue weighted by molar-refractivity contribution is 5.82. The lowest BCUT2D eigenvalue weighted by atomic mass is 9.94. The minimum Gasteiger partial charge on any atom is -0.481 e. The molecular formula is C31H36F2N4O4. The maximum atomic E-state index is 13.8. The molecule has 2 unspecified atom stereocenters. The molecule has 10 heteroatoms. The number of amides is 1. The molecule has 0 saturated carbocycles. The van der Waals surface area contributed by atoms with Crippen LogP contribution < -0.4 is 10.9 Å². The quantitative estimate of drug-likeness (QED) is 0.342. The van der Waals surface area contributed by atoms with Crippen LogP contribution >= 0.6 is 0 Å². The number of hydrogen-bond acceptors (Lipinski definition) is 5. The van der Waals surface area contributed by atoms with Gasteiger partial charge in [0, 0.05) is 36.8 Å². The number of halogens is 2. The van der Waals surface area contributed by atoms with Crippen molar-refractivity contribution in [3.63, 3.8) is 0 Å². The van der Waals surface area contributed by atoms with Gasteiger partial charge in [-0.25, -0.2) is 8.78 Å². The molecule has 1 amide bonds. The molecule has 1 fully saturated rings. The maximum Gasteiger partial charge on any atom is 0.305 e. The summed E-state index contributed by atoms with van der Waals surface area (Å²) in [5.41, 5.74) is 4.64. The molecule has 4 rings (SSSR count). The average Bonchev–Trinajstić information content (AvgIpc) is 2.87. The molecule has 8 nitrogen and oxygen atoms in total. The Morgan fingerprint density at radius 1 is 1.10 bits per heavy atom. The first-order chi connectivity index (χ1) is 19.3. The first-order valence-electron chi connectivity index (χ1n) is 13.7. The highest BCUT2D eigenvalue weighted by Gasteiger charge is 2.43. The number of pyridine rings is 2. The monoisotopic (exact) mass is 566 g/mol. The van der Waals surface area contributed by atoms with Crippen LogP contribution in [0.3, 0.4) is 0 Å². The van der Waals surface area contributed by atoms with E-state index in [1.165, 1.54) is 16.8 Å². The summed E-state index contributed by atoms with van der Waals surface area (Å²) >= 11 is 0. The van der Waals surface area contributed by atoms with Crippen LogP contribution in [-0.4, -0.2) is 50.4 Å². The number of benzene rings is 1. The second kappa shape index (κ2) is 12.3. The number of aromatic nitrogens is 2. The van der Waals surface area contributed by atoms with Gasteiger partial charge in [0.2, 0.25) is 5.91 Å². The molecule has 1 aliphatic heterocycles. The van der Waals surface area contributed by atoms with Crippen molar-refractivity contribution >= 4 is 11.9 Å². The van der Waals surface area contributed by atoms with Gasteiger partial charge in [-0.3, -0.25) is 24.3 Å². The molecule has 41 heavy (non-hydrogen) atoms. The van der Waals surface area contributed by atoms with E-state index < -0.39 is 35.4 Å². The van der Waals surface area contributed by atoms with Crippen LogP contribution in [-0.2, 0) is 16.1 Å². The molecule has 0 spiro atoms. The summed E-state index contributed by atoms with van der Waals surface area (Å²) in [5, 5.41) is 12.5. The zero-order chi connectivity index (χ0) is 29.9. The lowest BCUT2D eigenvalue weighted by Crippen LogP contribution is -2.55. The molecule has 2 atom stereocenters. The Morgan fingerprint density at radius 2 is 1.78 bits per heavy atom. The average molecular weight is 567 g/mol. The van der Waals surface area contributed by atoms with E-state index in [-0.39, 0.29) is 32.0 Å². The Balaban J connectivity index is 1.63. The van der Waals surface area contributed by atoms with E-state index in [2.05, 4.69) is 10.3 Å². The molecular weight excluding hydrogens is 530 g/mol. The number of likely N-dealkylation sites (tertiary alicyclic amines) is 1. The van der Waals surface area contributed by atoms with Crippen LogP contribution in [0.4, 0.5) is 8.78 Å². The topological polar surface area (TPSA) is 105 Å². The number of carboxylic acid groups (broad SMARTS) is 1. The molecule has 1 aromatic carbocycles. The second-order valence-electron chi connectivity index (χ2n) is 11.4. The van der Waals surface area contributed by atoms with Crippen molar-refractivity contribution in [2.75, 3.05) is 13.1 Å². The first kappa shape index (κ1) is 30.0. The number of aliphatic carboxylic acids is 1. The van der Waals surface area contributed by atoms with E-state index in [1.54, 1.807) is 23.4 Å². The SMILES string of the molecule is Cc1cccc(C)c1-c1cncc(C(CC(=O)O)NC(=O)C(CC(C)C)n2cc(CN3CC(F)(F)C3)ccc2=O)c1. The van der Waals surface area contributed by atoms with E-state index in [1.807, 2.05) is 52.0 Å². The number of aryl methyl sites for hydroxylation is 2. The number of nitrogens with zero attached hydrogens (tertiary/aromatic N) is 3. The molecule has 1 saturated heterocycles. The predicted molar refractivity (Wildman–Crippen MR) is 152 cm³/mol. The van der Waals surface area contributed by atoms with Crippen LogP contribution in [0, 0.1) is 19.8 Å². The highest BCUT2D eigenvalue weighted by atomic mass is 19.3. The Hall–Kier alpha value is -3.92. The molecule has 0 bridgehead atoms. The summed E-state index contributed by atoms with van der Waals surface area (Å²) in [6.45, 7) is 7.34. The largest absolute Gasteiger partial charge is 0.481 e. The zero-order valence-electron chi connectivity index (χ0n) is 23.7. The van der Waals surface area contributed by atoms with Gasteiger partial charge in [-0.15, -0.1) is 0 Å². The molecule has 1 aliphatic rings. The van der Waals surface area contributed by atoms with E-state index in [9.17, 15) is 28.3 Å². The molecule has 3 heterocycles. The van der Waals surface area contributed by atoms with Gasteiger partial charge in [-0.05, 0) is 60.1 Å². The fourth-order valence-electron chi connectivity index (χ4n) is 5.41. The number of alkyl halides is 2. The number of rotatable bonds is 11. The van der Waals surface area contributed by atoms with Gasteiger partial charge in [0.1, 0.15) is 6.04 Å². The fourth-order valence-corrected chi connectivity index (χ4v) is 5.41. The van der Waals surface area contributed by atoms with E-state index >= 15 is 0 Å². The van der Waals surface area contributed by atoms with Crippen molar-refractivity contribution in [2.24, 2.45) is 5.92 Å². The summed E-state index contributed by atoms with van der Waals surface area (Å²) < 4.78 is 28.0. The summed E-state index contributed by atoms with van der Waals surface area (Å²) in [6, 6.07) is 8.87. The predicted octanol–water partition coefficient (Wildman–Crippen LogP) is 4.90. The van der Waals surface area contributed by atoms with Gasteiger partial charge in [-0.1, -0.05) is 38.1 Å². The van der Waals surface area contributed by atoms with Gasteiger partial charge in [0.25, 0.3) is 11.5 Å². The van der Waals surface area contributed by atoms with Crippen LogP contribution in [0.2, 0.25) is 0 Å². The minimum atomic E-state index is -2.71. The van der Waals surface area contributed by atoms with E-state index in [4.69, 9.17) is 0 Å². The van der Waals surface area contributed by atoms with Gasteiger partial charge in [0.05, 0.1) is 25.6 Å². The molecule has 0 radical (unpaired) electrons. The first-order valence-corrected chi connectivity index (χ1v) is 13.7. The summed E-state index contributed by atoms with van der Waals surface area (Å²) in [5.74, 6) is -4.28. The molecule has 2 aromatic heterocycles. The van der Waals surface area contributed by atoms with Crippen molar-refractivity contribution in [2.45, 2.75) is 65.1 Å². The summed E-state index contributed by atoms with van der Waals surface area (Å²) in [4.78, 5) is 44.4. The third-order valence-corrected chi connectivity index (χ3v) is 7.28. The van der Waals surface area contributed by atoms with Gasteiger partial charge in [-0.2, -0.15) is 0 Å². The normalized spacial score (nSPS) is 16.2. The van der Waals surface area contributed by atoms with Gasteiger partial charge < -0.3 is 15.0 Å². The summed E-state index contributed by atoms with van der Waals surface area (Å²) in [7, 11) is 0. The van der Waals surface area contributed by atoms with Crippen LogP contribution in [0.25, 0.3) is 11.1 Å². The number of carboxylic acids is 1. The van der Waals surface area contributed by atoms with Crippen molar-refractivity contribution in [1.29, 1.82) is 0 Å². The molecule has 218 valence electrons. The standard InChI is InChI=1S/C31H36F2N4O4/c1-19(2)10-26(37-16-22(8-9-27(37)38)15-36-17-31(32,33)18-36)30(41)35-25(12-28(39)40)23-11-24(14-34-13-23)29-20(3)6-5-7-21(29)4/h5-9,11,13-14,16,19,25-26H,10,12,15,17-18H2,1-4H3,(H,35,41)(H,39,40). The third kappa shape index (κ3) is 7.43. The Morgan fingerprint density at radius 3 is 2.39 bits per heavy atom. The van der Waals surface area contributed by atoms with Gasteiger partial charge in [0.15, 0.2) is 0 Å². The Kier molecular flexibility index (Phi) is 9.01. The van der Waals surface area contributed by atoms with Crippen molar-refractivity contribution in [3.05, 3.63) is 87.6 Å². The highest BCUT2D eigenvalue weighted by Crippen LogP contribution is 2.30. The molecule has 3 aromatic rings.